The average Bonchev–Trinajstić information content (AvgIpc) is 2.61. The van der Waals surface area contributed by atoms with Crippen LogP contribution in [0, 0.1) is 5.92 Å². The second-order valence-corrected chi connectivity index (χ2v) is 6.45. The molecule has 1 amide bonds. The Balaban J connectivity index is 1.92. The standard InChI is InChI=1S/C19H26F2N2O3/c1-14(2)16(23-9-11-25-12-10-23)13-22-18(24)8-7-15-5-3-4-6-17(15)26-19(20)21/h3-8,14,16,19H,9-13H2,1-2H3,(H,22,24)/b8-7+. The topological polar surface area (TPSA) is 50.8 Å². The lowest BCUT2D eigenvalue weighted by Gasteiger charge is -2.36. The number of nitrogens with zero attached hydrogens (tertiary/aromatic N) is 1. The molecule has 1 fully saturated rings. The number of rotatable bonds is 8. The summed E-state index contributed by atoms with van der Waals surface area (Å²) < 4.78 is 34.7. The van der Waals surface area contributed by atoms with Crippen LogP contribution in [0.1, 0.15) is 19.4 Å². The lowest BCUT2D eigenvalue weighted by atomic mass is 10.0. The molecule has 1 aromatic rings. The molecular weight excluding hydrogens is 342 g/mol. The quantitative estimate of drug-likeness (QED) is 0.717. The van der Waals surface area contributed by atoms with Crippen LogP contribution in [0.5, 0.6) is 5.75 Å². The molecular formula is C19H26F2N2O3. The van der Waals surface area contributed by atoms with Crippen molar-refractivity contribution in [3.8, 4) is 5.75 Å². The highest BCUT2D eigenvalue weighted by atomic mass is 19.3. The van der Waals surface area contributed by atoms with Gasteiger partial charge in [0.15, 0.2) is 0 Å². The highest BCUT2D eigenvalue weighted by Crippen LogP contribution is 2.21. The smallest absolute Gasteiger partial charge is 0.387 e. The van der Waals surface area contributed by atoms with Crippen LogP contribution in [-0.4, -0.2) is 56.3 Å². The number of hydrogen-bond donors (Lipinski definition) is 1. The molecule has 26 heavy (non-hydrogen) atoms. The normalized spacial score (nSPS) is 17.0. The van der Waals surface area contributed by atoms with Crippen LogP contribution < -0.4 is 10.1 Å². The van der Waals surface area contributed by atoms with Crippen LogP contribution in [-0.2, 0) is 9.53 Å². The van der Waals surface area contributed by atoms with Gasteiger partial charge in [-0.15, -0.1) is 0 Å². The molecule has 1 unspecified atom stereocenters. The molecule has 2 rings (SSSR count). The number of hydrogen-bond acceptors (Lipinski definition) is 4. The van der Waals surface area contributed by atoms with Crippen molar-refractivity contribution >= 4 is 12.0 Å². The van der Waals surface area contributed by atoms with E-state index in [1.807, 2.05) is 0 Å². The molecule has 0 bridgehead atoms. The van der Waals surface area contributed by atoms with Crippen molar-refractivity contribution in [1.29, 1.82) is 0 Å². The lowest BCUT2D eigenvalue weighted by molar-refractivity contribution is -0.116. The molecule has 1 aliphatic rings. The molecule has 0 aromatic heterocycles. The maximum absolute atomic E-state index is 12.4. The molecule has 7 heteroatoms. The minimum Gasteiger partial charge on any atom is -0.434 e. The summed E-state index contributed by atoms with van der Waals surface area (Å²) in [5.74, 6) is 0.160. The first-order chi connectivity index (χ1) is 12.5. The van der Waals surface area contributed by atoms with Crippen molar-refractivity contribution in [2.45, 2.75) is 26.5 Å². The molecule has 1 saturated heterocycles. The zero-order valence-electron chi connectivity index (χ0n) is 15.2. The van der Waals surface area contributed by atoms with E-state index in [0.29, 0.717) is 31.2 Å². The highest BCUT2D eigenvalue weighted by molar-refractivity contribution is 5.92. The van der Waals surface area contributed by atoms with Gasteiger partial charge >= 0.3 is 6.61 Å². The van der Waals surface area contributed by atoms with E-state index in [0.717, 1.165) is 13.1 Å². The summed E-state index contributed by atoms with van der Waals surface area (Å²) in [5.41, 5.74) is 0.427. The Morgan fingerprint density at radius 3 is 2.65 bits per heavy atom. The predicted octanol–water partition coefficient (Wildman–Crippen LogP) is 2.77. The van der Waals surface area contributed by atoms with Crippen molar-refractivity contribution < 1.29 is 23.0 Å². The van der Waals surface area contributed by atoms with Crippen molar-refractivity contribution in [3.63, 3.8) is 0 Å². The van der Waals surface area contributed by atoms with Crippen LogP contribution in [0.3, 0.4) is 0 Å². The minimum absolute atomic E-state index is 0.0416. The van der Waals surface area contributed by atoms with E-state index in [2.05, 4.69) is 28.8 Å². The minimum atomic E-state index is -2.90. The lowest BCUT2D eigenvalue weighted by Crippen LogP contribution is -2.51. The van der Waals surface area contributed by atoms with Crippen molar-refractivity contribution in [2.75, 3.05) is 32.8 Å². The third-order valence-electron chi connectivity index (χ3n) is 4.32. The van der Waals surface area contributed by atoms with Gasteiger partial charge in [-0.25, -0.2) is 0 Å². The van der Waals surface area contributed by atoms with E-state index in [9.17, 15) is 13.6 Å². The number of benzene rings is 1. The summed E-state index contributed by atoms with van der Waals surface area (Å²) >= 11 is 0. The van der Waals surface area contributed by atoms with Gasteiger partial charge in [0.2, 0.25) is 5.91 Å². The summed E-state index contributed by atoms with van der Waals surface area (Å²) in [6.07, 6.45) is 2.82. The number of amides is 1. The molecule has 0 radical (unpaired) electrons. The van der Waals surface area contributed by atoms with Gasteiger partial charge in [-0.05, 0) is 18.1 Å². The largest absolute Gasteiger partial charge is 0.434 e. The fraction of sp³-hybridized carbons (Fsp3) is 0.526. The number of para-hydroxylation sites is 1. The third kappa shape index (κ3) is 6.38. The number of nitrogens with one attached hydrogen (secondary N) is 1. The van der Waals surface area contributed by atoms with Gasteiger partial charge in [0.1, 0.15) is 5.75 Å². The zero-order valence-corrected chi connectivity index (χ0v) is 15.2. The summed E-state index contributed by atoms with van der Waals surface area (Å²) in [4.78, 5) is 14.5. The molecule has 1 atom stereocenters. The first-order valence-electron chi connectivity index (χ1n) is 8.79. The number of alkyl halides is 2. The Kier molecular flexibility index (Phi) is 8.00. The summed E-state index contributed by atoms with van der Waals surface area (Å²) in [6, 6.07) is 6.59. The van der Waals surface area contributed by atoms with Crippen LogP contribution >= 0.6 is 0 Å². The average molecular weight is 368 g/mol. The van der Waals surface area contributed by atoms with Gasteiger partial charge in [0.25, 0.3) is 0 Å². The van der Waals surface area contributed by atoms with Crippen LogP contribution in [0.15, 0.2) is 30.3 Å². The zero-order chi connectivity index (χ0) is 18.9. The number of carbonyl (C=O) groups excluding carboxylic acids is 1. The molecule has 0 spiro atoms. The molecule has 1 heterocycles. The molecule has 0 saturated carbocycles. The Hall–Kier alpha value is -1.99. The van der Waals surface area contributed by atoms with Gasteiger partial charge in [-0.2, -0.15) is 8.78 Å². The molecule has 1 aromatic carbocycles. The third-order valence-corrected chi connectivity index (χ3v) is 4.32. The molecule has 1 aliphatic heterocycles. The maximum Gasteiger partial charge on any atom is 0.387 e. The highest BCUT2D eigenvalue weighted by Gasteiger charge is 2.23. The fourth-order valence-corrected chi connectivity index (χ4v) is 2.95. The van der Waals surface area contributed by atoms with E-state index < -0.39 is 6.61 Å². The Morgan fingerprint density at radius 1 is 1.31 bits per heavy atom. The van der Waals surface area contributed by atoms with Gasteiger partial charge in [0, 0.05) is 37.3 Å². The maximum atomic E-state index is 12.4. The Labute approximate surface area is 153 Å². The van der Waals surface area contributed by atoms with Crippen LogP contribution in [0.4, 0.5) is 8.78 Å². The van der Waals surface area contributed by atoms with Gasteiger partial charge in [-0.3, -0.25) is 9.69 Å². The molecule has 5 nitrogen and oxygen atoms in total. The molecule has 1 N–H and O–H groups in total. The second-order valence-electron chi connectivity index (χ2n) is 6.45. The van der Waals surface area contributed by atoms with Crippen LogP contribution in [0.2, 0.25) is 0 Å². The molecule has 144 valence electrons. The number of carbonyl (C=O) groups is 1. The van der Waals surface area contributed by atoms with Gasteiger partial charge < -0.3 is 14.8 Å². The fourth-order valence-electron chi connectivity index (χ4n) is 2.95. The number of morpholine rings is 1. The van der Waals surface area contributed by atoms with Crippen molar-refractivity contribution in [2.24, 2.45) is 5.92 Å². The first-order valence-corrected chi connectivity index (χ1v) is 8.79. The monoisotopic (exact) mass is 368 g/mol. The van der Waals surface area contributed by atoms with E-state index in [4.69, 9.17) is 4.74 Å². The van der Waals surface area contributed by atoms with E-state index in [1.54, 1.807) is 18.2 Å². The summed E-state index contributed by atoms with van der Waals surface area (Å²) in [6.45, 7) is 4.99. The summed E-state index contributed by atoms with van der Waals surface area (Å²) in [7, 11) is 0. The van der Waals surface area contributed by atoms with E-state index in [-0.39, 0.29) is 17.7 Å². The first kappa shape index (κ1) is 20.3. The SMILES string of the molecule is CC(C)C(CNC(=O)/C=C/c1ccccc1OC(F)F)N1CCOCC1. The predicted molar refractivity (Wildman–Crippen MR) is 96.1 cm³/mol. The molecule has 0 aliphatic carbocycles. The second kappa shape index (κ2) is 10.2. The number of halogens is 2. The van der Waals surface area contributed by atoms with Crippen LogP contribution in [0.25, 0.3) is 6.08 Å². The number of ether oxygens (including phenoxy) is 2. The van der Waals surface area contributed by atoms with E-state index >= 15 is 0 Å². The van der Waals surface area contributed by atoms with E-state index in [1.165, 1.54) is 18.2 Å². The van der Waals surface area contributed by atoms with Crippen molar-refractivity contribution in [1.82, 2.24) is 10.2 Å². The Morgan fingerprint density at radius 2 is 2.00 bits per heavy atom. The van der Waals surface area contributed by atoms with Gasteiger partial charge in [0.05, 0.1) is 13.2 Å². The van der Waals surface area contributed by atoms with Gasteiger partial charge in [-0.1, -0.05) is 32.0 Å². The Bertz CT molecular complexity index is 602. The van der Waals surface area contributed by atoms with Crippen molar-refractivity contribution in [3.05, 3.63) is 35.9 Å². The summed E-state index contributed by atoms with van der Waals surface area (Å²) in [5, 5.41) is 2.89.